The number of nitrogens with two attached hydrogens (primary N) is 2. The van der Waals surface area contributed by atoms with Gasteiger partial charge in [-0.15, -0.1) is 0 Å². The van der Waals surface area contributed by atoms with Crippen LogP contribution >= 0.6 is 0 Å². The van der Waals surface area contributed by atoms with Gasteiger partial charge >= 0.3 is 0 Å². The zero-order chi connectivity index (χ0) is 35.4. The van der Waals surface area contributed by atoms with Crippen molar-refractivity contribution in [2.75, 3.05) is 19.8 Å². The smallest absolute Gasteiger partial charge is 0.246 e. The van der Waals surface area contributed by atoms with Crippen LogP contribution in [-0.4, -0.2) is 106 Å². The molecule has 1 fully saturated rings. The molecule has 47 heavy (non-hydrogen) atoms. The SMILES string of the molecule is CC(NC(=O)C(N)CO)C(=O)NC(C)C(=O)N(CNC(=O)C1CCCN1C(=O)C(NC(=O)C(N)C(C)C)C(C)C)Cc1ccccc1. The van der Waals surface area contributed by atoms with Crippen molar-refractivity contribution in [1.82, 2.24) is 31.1 Å². The number of rotatable bonds is 16. The van der Waals surface area contributed by atoms with Crippen LogP contribution in [0.3, 0.4) is 0 Å². The summed E-state index contributed by atoms with van der Waals surface area (Å²) in [6.45, 7) is 9.78. The number of aliphatic hydroxyl groups is 1. The van der Waals surface area contributed by atoms with Crippen LogP contribution < -0.4 is 32.7 Å². The van der Waals surface area contributed by atoms with Crippen LogP contribution in [0.2, 0.25) is 0 Å². The Morgan fingerprint density at radius 3 is 2.06 bits per heavy atom. The van der Waals surface area contributed by atoms with Gasteiger partial charge in [0.1, 0.15) is 30.2 Å². The molecule has 1 aliphatic heterocycles. The highest BCUT2D eigenvalue weighted by Crippen LogP contribution is 2.21. The maximum Gasteiger partial charge on any atom is 0.246 e. The number of amides is 6. The Labute approximate surface area is 276 Å². The van der Waals surface area contributed by atoms with Crippen LogP contribution in [0.4, 0.5) is 0 Å². The lowest BCUT2D eigenvalue weighted by Crippen LogP contribution is -2.58. The number of carbonyl (C=O) groups is 6. The van der Waals surface area contributed by atoms with Crippen molar-refractivity contribution in [2.24, 2.45) is 23.3 Å². The normalized spacial score (nSPS) is 17.7. The number of benzene rings is 1. The van der Waals surface area contributed by atoms with Gasteiger partial charge in [-0.1, -0.05) is 58.0 Å². The summed E-state index contributed by atoms with van der Waals surface area (Å²) in [6.07, 6.45) is 0.992. The Balaban J connectivity index is 2.14. The molecule has 1 saturated heterocycles. The molecule has 15 heteroatoms. The Hall–Kier alpha value is -4.08. The lowest BCUT2D eigenvalue weighted by atomic mass is 9.99. The lowest BCUT2D eigenvalue weighted by Gasteiger charge is -2.32. The highest BCUT2D eigenvalue weighted by molar-refractivity contribution is 5.94. The number of nitrogens with zero attached hydrogens (tertiary/aromatic N) is 2. The average molecular weight is 661 g/mol. The Kier molecular flexibility index (Phi) is 15.2. The first-order chi connectivity index (χ1) is 22.1. The van der Waals surface area contributed by atoms with Crippen molar-refractivity contribution in [3.8, 4) is 0 Å². The van der Waals surface area contributed by atoms with E-state index < -0.39 is 72.4 Å². The predicted octanol–water partition coefficient (Wildman–Crippen LogP) is -1.47. The fourth-order valence-corrected chi connectivity index (χ4v) is 5.00. The first-order valence-electron chi connectivity index (χ1n) is 16.0. The molecule has 1 heterocycles. The number of hydrogen-bond acceptors (Lipinski definition) is 9. The minimum Gasteiger partial charge on any atom is -0.394 e. The molecule has 9 N–H and O–H groups in total. The number of likely N-dealkylation sites (tertiary alicyclic amines) is 1. The largest absolute Gasteiger partial charge is 0.394 e. The molecule has 15 nitrogen and oxygen atoms in total. The minimum atomic E-state index is -1.20. The monoisotopic (exact) mass is 660 g/mol. The van der Waals surface area contributed by atoms with E-state index >= 15 is 0 Å². The molecule has 262 valence electrons. The molecule has 0 aromatic heterocycles. The zero-order valence-electron chi connectivity index (χ0n) is 28.2. The van der Waals surface area contributed by atoms with E-state index in [4.69, 9.17) is 16.6 Å². The molecular weight excluding hydrogens is 608 g/mol. The summed E-state index contributed by atoms with van der Waals surface area (Å²) in [4.78, 5) is 80.9. The number of nitrogens with one attached hydrogen (secondary N) is 4. The predicted molar refractivity (Wildman–Crippen MR) is 175 cm³/mol. The lowest BCUT2D eigenvalue weighted by molar-refractivity contribution is -0.143. The molecule has 0 bridgehead atoms. The fraction of sp³-hybridized carbons (Fsp3) is 0.625. The van der Waals surface area contributed by atoms with Crippen LogP contribution in [0.15, 0.2) is 30.3 Å². The van der Waals surface area contributed by atoms with Crippen LogP contribution in [0, 0.1) is 11.8 Å². The van der Waals surface area contributed by atoms with Crippen LogP contribution in [0.5, 0.6) is 0 Å². The van der Waals surface area contributed by atoms with E-state index in [1.165, 1.54) is 23.6 Å². The molecular formula is C32H52N8O7. The second kappa shape index (κ2) is 18.3. The van der Waals surface area contributed by atoms with Crippen molar-refractivity contribution >= 4 is 35.4 Å². The van der Waals surface area contributed by atoms with Crippen molar-refractivity contribution in [3.63, 3.8) is 0 Å². The van der Waals surface area contributed by atoms with Crippen molar-refractivity contribution in [1.29, 1.82) is 0 Å². The van der Waals surface area contributed by atoms with Gasteiger partial charge in [-0.25, -0.2) is 0 Å². The van der Waals surface area contributed by atoms with E-state index in [1.54, 1.807) is 13.8 Å². The first kappa shape index (κ1) is 39.1. The van der Waals surface area contributed by atoms with E-state index in [-0.39, 0.29) is 31.0 Å². The Bertz CT molecular complexity index is 1250. The molecule has 1 aromatic rings. The first-order valence-corrected chi connectivity index (χ1v) is 16.0. The zero-order valence-corrected chi connectivity index (χ0v) is 28.2. The molecule has 1 aromatic carbocycles. The third-order valence-corrected chi connectivity index (χ3v) is 8.08. The summed E-state index contributed by atoms with van der Waals surface area (Å²) in [6, 6.07) is 3.35. The van der Waals surface area contributed by atoms with E-state index in [9.17, 15) is 28.8 Å². The molecule has 2 rings (SSSR count). The summed E-state index contributed by atoms with van der Waals surface area (Å²) in [5.74, 6) is -3.52. The average Bonchev–Trinajstić information content (AvgIpc) is 3.54. The van der Waals surface area contributed by atoms with Crippen LogP contribution in [0.1, 0.15) is 59.9 Å². The highest BCUT2D eigenvalue weighted by Gasteiger charge is 2.39. The van der Waals surface area contributed by atoms with Gasteiger partial charge in [0.2, 0.25) is 35.4 Å². The molecule has 1 aliphatic rings. The van der Waals surface area contributed by atoms with Crippen molar-refractivity contribution < 1.29 is 33.9 Å². The maximum absolute atomic E-state index is 13.6. The van der Waals surface area contributed by atoms with E-state index in [0.717, 1.165) is 5.56 Å². The van der Waals surface area contributed by atoms with E-state index in [2.05, 4.69) is 21.3 Å². The minimum absolute atomic E-state index is 0.114. The van der Waals surface area contributed by atoms with Gasteiger partial charge in [0.25, 0.3) is 0 Å². The summed E-state index contributed by atoms with van der Waals surface area (Å²) in [5.41, 5.74) is 12.3. The molecule has 0 saturated carbocycles. The summed E-state index contributed by atoms with van der Waals surface area (Å²) in [5, 5.41) is 19.6. The standard InChI is InChI=1S/C32H52N8O7/c1-18(2)25(34)30(45)38-26(19(3)4)32(47)40-14-10-13-24(40)29(44)35-17-39(15-22-11-8-7-9-12-22)31(46)21(6)37-27(42)20(5)36-28(43)23(33)16-41/h7-9,11-12,18-21,23-26,41H,10,13-17,33-34H2,1-6H3,(H,35,44)(H,36,43)(H,37,42)(H,38,45). The summed E-state index contributed by atoms with van der Waals surface area (Å²) in [7, 11) is 0. The Morgan fingerprint density at radius 2 is 1.49 bits per heavy atom. The number of carbonyl (C=O) groups excluding carboxylic acids is 6. The van der Waals surface area contributed by atoms with Gasteiger partial charge in [-0.05, 0) is 44.1 Å². The van der Waals surface area contributed by atoms with Crippen molar-refractivity contribution in [3.05, 3.63) is 35.9 Å². The van der Waals surface area contributed by atoms with Gasteiger partial charge in [0.05, 0.1) is 19.3 Å². The van der Waals surface area contributed by atoms with Gasteiger partial charge < -0.3 is 47.6 Å². The third kappa shape index (κ3) is 11.3. The van der Waals surface area contributed by atoms with E-state index in [0.29, 0.717) is 19.4 Å². The van der Waals surface area contributed by atoms with Gasteiger partial charge in [0.15, 0.2) is 0 Å². The quantitative estimate of drug-likeness (QED) is 0.103. The summed E-state index contributed by atoms with van der Waals surface area (Å²) < 4.78 is 0. The van der Waals surface area contributed by atoms with E-state index in [1.807, 2.05) is 44.2 Å². The third-order valence-electron chi connectivity index (χ3n) is 8.08. The molecule has 6 amide bonds. The van der Waals surface area contributed by atoms with Crippen LogP contribution in [-0.2, 0) is 35.3 Å². The fourth-order valence-electron chi connectivity index (χ4n) is 5.00. The Morgan fingerprint density at radius 1 is 0.872 bits per heavy atom. The van der Waals surface area contributed by atoms with Gasteiger partial charge in [0, 0.05) is 13.1 Å². The van der Waals surface area contributed by atoms with Crippen molar-refractivity contribution in [2.45, 2.75) is 97.2 Å². The van der Waals surface area contributed by atoms with Gasteiger partial charge in [-0.3, -0.25) is 28.8 Å². The number of aliphatic hydroxyl groups excluding tert-OH is 1. The molecule has 0 radical (unpaired) electrons. The molecule has 6 atom stereocenters. The molecule has 0 aliphatic carbocycles. The summed E-state index contributed by atoms with van der Waals surface area (Å²) >= 11 is 0. The maximum atomic E-state index is 13.6. The molecule has 6 unspecified atom stereocenters. The second-order valence-electron chi connectivity index (χ2n) is 12.7. The second-order valence-corrected chi connectivity index (χ2v) is 12.7. The van der Waals surface area contributed by atoms with Crippen LogP contribution in [0.25, 0.3) is 0 Å². The highest BCUT2D eigenvalue weighted by atomic mass is 16.3. The van der Waals surface area contributed by atoms with Gasteiger partial charge in [-0.2, -0.15) is 0 Å². The molecule has 0 spiro atoms. The number of hydrogen-bond donors (Lipinski definition) is 7. The topological polar surface area (TPSA) is 229 Å².